The SMILES string of the molecule is Cc1cnn(COC(=O)N2CCc3ccccc3[C@H]2c2cc(Cl)ccc2OCC(=O)O)c1. The van der Waals surface area contributed by atoms with Crippen LogP contribution in [0.2, 0.25) is 5.02 Å². The third kappa shape index (κ3) is 4.70. The van der Waals surface area contributed by atoms with Crippen LogP contribution in [0.4, 0.5) is 4.79 Å². The number of nitrogens with zero attached hydrogens (tertiary/aromatic N) is 3. The molecule has 2 aromatic carbocycles. The smallest absolute Gasteiger partial charge is 0.412 e. The molecule has 1 aliphatic rings. The fraction of sp³-hybridized carbons (Fsp3) is 0.261. The molecule has 0 bridgehead atoms. The topological polar surface area (TPSA) is 93.9 Å². The van der Waals surface area contributed by atoms with Crippen molar-refractivity contribution in [1.29, 1.82) is 0 Å². The lowest BCUT2D eigenvalue weighted by Gasteiger charge is -2.37. The number of amides is 1. The van der Waals surface area contributed by atoms with Crippen molar-refractivity contribution in [3.63, 3.8) is 0 Å². The van der Waals surface area contributed by atoms with Crippen LogP contribution in [0.5, 0.6) is 5.75 Å². The number of ether oxygens (including phenoxy) is 2. The Morgan fingerprint density at radius 3 is 2.78 bits per heavy atom. The molecular weight excluding hydrogens is 434 g/mol. The number of rotatable bonds is 6. The zero-order chi connectivity index (χ0) is 22.7. The number of halogens is 1. The summed E-state index contributed by atoms with van der Waals surface area (Å²) in [6, 6.07) is 12.2. The van der Waals surface area contributed by atoms with E-state index in [1.165, 1.54) is 0 Å². The lowest BCUT2D eigenvalue weighted by atomic mass is 9.88. The zero-order valence-electron chi connectivity index (χ0n) is 17.4. The van der Waals surface area contributed by atoms with Crippen molar-refractivity contribution in [2.24, 2.45) is 0 Å². The van der Waals surface area contributed by atoms with Crippen LogP contribution < -0.4 is 4.74 Å². The summed E-state index contributed by atoms with van der Waals surface area (Å²) in [6.07, 6.45) is 3.62. The van der Waals surface area contributed by atoms with Crippen LogP contribution in [0.15, 0.2) is 54.9 Å². The first-order valence-corrected chi connectivity index (χ1v) is 10.4. The summed E-state index contributed by atoms with van der Waals surface area (Å²) in [7, 11) is 0. The minimum absolute atomic E-state index is 0.0184. The number of carbonyl (C=O) groups is 2. The van der Waals surface area contributed by atoms with Gasteiger partial charge in [0.2, 0.25) is 0 Å². The van der Waals surface area contributed by atoms with Crippen LogP contribution in [0.25, 0.3) is 0 Å². The summed E-state index contributed by atoms with van der Waals surface area (Å²) in [5, 5.41) is 13.7. The van der Waals surface area contributed by atoms with E-state index < -0.39 is 24.7 Å². The summed E-state index contributed by atoms with van der Waals surface area (Å²) in [5.74, 6) is -0.750. The molecule has 0 spiro atoms. The number of hydrogen-bond donors (Lipinski definition) is 1. The number of carbonyl (C=O) groups excluding carboxylic acids is 1. The molecular formula is C23H22ClN3O5. The van der Waals surface area contributed by atoms with Gasteiger partial charge in [-0.15, -0.1) is 0 Å². The molecule has 0 saturated heterocycles. The highest BCUT2D eigenvalue weighted by Gasteiger charge is 2.35. The number of aliphatic carboxylic acids is 1. The second-order valence-electron chi connectivity index (χ2n) is 7.51. The average molecular weight is 456 g/mol. The van der Waals surface area contributed by atoms with Crippen LogP contribution in [0.1, 0.15) is 28.3 Å². The molecule has 0 unspecified atom stereocenters. The van der Waals surface area contributed by atoms with E-state index in [0.717, 1.165) is 16.7 Å². The Morgan fingerprint density at radius 2 is 2.03 bits per heavy atom. The molecule has 0 aliphatic carbocycles. The summed E-state index contributed by atoms with van der Waals surface area (Å²) in [5.41, 5.74) is 3.56. The van der Waals surface area contributed by atoms with Gasteiger partial charge >= 0.3 is 12.1 Å². The van der Waals surface area contributed by atoms with Gasteiger partial charge in [-0.2, -0.15) is 5.10 Å². The quantitative estimate of drug-likeness (QED) is 0.602. The normalized spacial score (nSPS) is 15.2. The maximum absolute atomic E-state index is 13.1. The second-order valence-corrected chi connectivity index (χ2v) is 7.94. The van der Waals surface area contributed by atoms with Crippen molar-refractivity contribution in [2.75, 3.05) is 13.2 Å². The van der Waals surface area contributed by atoms with Gasteiger partial charge in [0.1, 0.15) is 5.75 Å². The van der Waals surface area contributed by atoms with Crippen LogP contribution >= 0.6 is 11.6 Å². The summed E-state index contributed by atoms with van der Waals surface area (Å²) < 4.78 is 12.6. The fourth-order valence-electron chi connectivity index (χ4n) is 3.84. The summed E-state index contributed by atoms with van der Waals surface area (Å²) >= 11 is 6.28. The average Bonchev–Trinajstić information content (AvgIpc) is 3.20. The molecule has 166 valence electrons. The molecule has 0 saturated carbocycles. The monoisotopic (exact) mass is 455 g/mol. The van der Waals surface area contributed by atoms with Crippen molar-refractivity contribution in [3.8, 4) is 5.75 Å². The minimum atomic E-state index is -1.10. The minimum Gasteiger partial charge on any atom is -0.482 e. The van der Waals surface area contributed by atoms with Gasteiger partial charge in [-0.3, -0.25) is 4.90 Å². The highest BCUT2D eigenvalue weighted by Crippen LogP contribution is 2.40. The van der Waals surface area contributed by atoms with Gasteiger partial charge in [-0.1, -0.05) is 35.9 Å². The standard InChI is InChI=1S/C23H22ClN3O5/c1-15-11-25-26(12-15)14-32-23(30)27-9-8-16-4-2-3-5-18(16)22(27)19-10-17(24)6-7-20(19)31-13-21(28)29/h2-7,10-12,22H,8-9,13-14H2,1H3,(H,28,29)/t22-/m0/s1. The van der Waals surface area contributed by atoms with Gasteiger partial charge in [0.05, 0.1) is 12.2 Å². The van der Waals surface area contributed by atoms with Gasteiger partial charge in [0.25, 0.3) is 0 Å². The molecule has 0 fully saturated rings. The van der Waals surface area contributed by atoms with Crippen molar-refractivity contribution in [3.05, 3.63) is 82.1 Å². The van der Waals surface area contributed by atoms with E-state index in [9.17, 15) is 9.59 Å². The van der Waals surface area contributed by atoms with Crippen molar-refractivity contribution < 1.29 is 24.2 Å². The molecule has 4 rings (SSSR count). The molecule has 1 aliphatic heterocycles. The van der Waals surface area contributed by atoms with Crippen molar-refractivity contribution >= 4 is 23.7 Å². The molecule has 1 atom stereocenters. The van der Waals surface area contributed by atoms with Gasteiger partial charge < -0.3 is 14.6 Å². The molecule has 9 heteroatoms. The van der Waals surface area contributed by atoms with E-state index in [0.29, 0.717) is 29.3 Å². The Kier molecular flexibility index (Phi) is 6.32. The van der Waals surface area contributed by atoms with Gasteiger partial charge in [-0.05, 0) is 48.2 Å². The number of carboxylic acid groups (broad SMARTS) is 1. The molecule has 1 amide bonds. The third-order valence-corrected chi connectivity index (χ3v) is 5.45. The lowest BCUT2D eigenvalue weighted by molar-refractivity contribution is -0.139. The van der Waals surface area contributed by atoms with E-state index in [-0.39, 0.29) is 6.73 Å². The Labute approximate surface area is 189 Å². The Morgan fingerprint density at radius 1 is 1.22 bits per heavy atom. The Balaban J connectivity index is 1.69. The highest BCUT2D eigenvalue weighted by atomic mass is 35.5. The Hall–Kier alpha value is -3.52. The largest absolute Gasteiger partial charge is 0.482 e. The first-order valence-electron chi connectivity index (χ1n) is 10.1. The zero-order valence-corrected chi connectivity index (χ0v) is 18.2. The van der Waals surface area contributed by atoms with Crippen LogP contribution in [-0.4, -0.2) is 45.0 Å². The van der Waals surface area contributed by atoms with Crippen LogP contribution in [0.3, 0.4) is 0 Å². The van der Waals surface area contributed by atoms with E-state index in [1.807, 2.05) is 31.2 Å². The van der Waals surface area contributed by atoms with E-state index >= 15 is 0 Å². The molecule has 3 aromatic rings. The van der Waals surface area contributed by atoms with Crippen LogP contribution in [0, 0.1) is 6.92 Å². The lowest BCUT2D eigenvalue weighted by Crippen LogP contribution is -2.41. The molecule has 0 radical (unpaired) electrons. The predicted molar refractivity (Wildman–Crippen MR) is 117 cm³/mol. The van der Waals surface area contributed by atoms with E-state index in [4.69, 9.17) is 26.2 Å². The number of benzene rings is 2. The molecule has 2 heterocycles. The molecule has 8 nitrogen and oxygen atoms in total. The Bertz CT molecular complexity index is 1150. The van der Waals surface area contributed by atoms with Crippen LogP contribution in [-0.2, 0) is 22.7 Å². The highest BCUT2D eigenvalue weighted by molar-refractivity contribution is 6.30. The van der Waals surface area contributed by atoms with Gasteiger partial charge in [0, 0.05) is 23.3 Å². The van der Waals surface area contributed by atoms with Gasteiger partial charge in [0.15, 0.2) is 13.3 Å². The fourth-order valence-corrected chi connectivity index (χ4v) is 4.02. The molecule has 32 heavy (non-hydrogen) atoms. The number of fused-ring (bicyclic) bond motifs is 1. The third-order valence-electron chi connectivity index (χ3n) is 5.22. The first-order chi connectivity index (χ1) is 15.4. The first kappa shape index (κ1) is 21.7. The van der Waals surface area contributed by atoms with Crippen molar-refractivity contribution in [2.45, 2.75) is 26.1 Å². The summed E-state index contributed by atoms with van der Waals surface area (Å²) in [6.45, 7) is 1.80. The predicted octanol–water partition coefficient (Wildman–Crippen LogP) is 4.05. The second kappa shape index (κ2) is 9.32. The van der Waals surface area contributed by atoms with Gasteiger partial charge in [-0.25, -0.2) is 14.3 Å². The number of hydrogen-bond acceptors (Lipinski definition) is 5. The number of aryl methyl sites for hydroxylation is 1. The summed E-state index contributed by atoms with van der Waals surface area (Å²) in [4.78, 5) is 25.8. The van der Waals surface area contributed by atoms with E-state index in [2.05, 4.69) is 5.10 Å². The number of aromatic nitrogens is 2. The van der Waals surface area contributed by atoms with Crippen molar-refractivity contribution in [1.82, 2.24) is 14.7 Å². The van der Waals surface area contributed by atoms with E-state index in [1.54, 1.807) is 40.2 Å². The molecule has 1 aromatic heterocycles. The maximum atomic E-state index is 13.1. The molecule has 1 N–H and O–H groups in total. The number of carboxylic acids is 1. The maximum Gasteiger partial charge on any atom is 0.412 e.